The molecule has 0 spiro atoms. The molecule has 1 unspecified atom stereocenters. The molecule has 0 aromatic rings. The Morgan fingerprint density at radius 1 is 1.35 bits per heavy atom. The number of amides is 1. The number of hydrogen-bond donors (Lipinski definition) is 1. The number of rotatable bonds is 4. The molecular formula is C13H24N2O2. The van der Waals surface area contributed by atoms with Crippen molar-refractivity contribution in [3.63, 3.8) is 0 Å². The summed E-state index contributed by atoms with van der Waals surface area (Å²) in [6.07, 6.45) is 3.58. The Kier molecular flexibility index (Phi) is 4.05. The highest BCUT2D eigenvalue weighted by atomic mass is 16.5. The second-order valence-corrected chi connectivity index (χ2v) is 5.79. The number of ether oxygens (including phenoxy) is 1. The van der Waals surface area contributed by atoms with E-state index >= 15 is 0 Å². The van der Waals surface area contributed by atoms with Crippen LogP contribution in [0.25, 0.3) is 0 Å². The van der Waals surface area contributed by atoms with Gasteiger partial charge >= 0.3 is 0 Å². The molecule has 2 rings (SSSR count). The van der Waals surface area contributed by atoms with Gasteiger partial charge in [-0.1, -0.05) is 6.92 Å². The molecule has 2 heterocycles. The van der Waals surface area contributed by atoms with Crippen molar-refractivity contribution in [2.45, 2.75) is 39.2 Å². The SMILES string of the molecule is CC(NCC1(C)COC1)C(=O)N1CCCCC1. The lowest BCUT2D eigenvalue weighted by Crippen LogP contribution is -2.53. The summed E-state index contributed by atoms with van der Waals surface area (Å²) in [5, 5.41) is 3.35. The van der Waals surface area contributed by atoms with Gasteiger partial charge in [-0.05, 0) is 26.2 Å². The maximum atomic E-state index is 12.2. The van der Waals surface area contributed by atoms with Crippen molar-refractivity contribution < 1.29 is 9.53 Å². The molecule has 0 radical (unpaired) electrons. The molecule has 4 nitrogen and oxygen atoms in total. The van der Waals surface area contributed by atoms with E-state index in [0.29, 0.717) is 0 Å². The number of carbonyl (C=O) groups is 1. The molecule has 2 aliphatic rings. The van der Waals surface area contributed by atoms with E-state index in [-0.39, 0.29) is 17.4 Å². The molecule has 1 N–H and O–H groups in total. The minimum atomic E-state index is -0.0643. The summed E-state index contributed by atoms with van der Waals surface area (Å²) < 4.78 is 5.21. The second-order valence-electron chi connectivity index (χ2n) is 5.79. The van der Waals surface area contributed by atoms with Crippen LogP contribution in [0.4, 0.5) is 0 Å². The van der Waals surface area contributed by atoms with E-state index in [0.717, 1.165) is 45.7 Å². The van der Waals surface area contributed by atoms with E-state index < -0.39 is 0 Å². The number of likely N-dealkylation sites (tertiary alicyclic amines) is 1. The molecular weight excluding hydrogens is 216 g/mol. The third-order valence-corrected chi connectivity index (χ3v) is 3.77. The summed E-state index contributed by atoms with van der Waals surface area (Å²) in [7, 11) is 0. The van der Waals surface area contributed by atoms with Crippen molar-refractivity contribution in [3.8, 4) is 0 Å². The standard InChI is InChI=1S/C13H24N2O2/c1-11(14-8-13(2)9-17-10-13)12(16)15-6-4-3-5-7-15/h11,14H,3-10H2,1-2H3. The van der Waals surface area contributed by atoms with Crippen molar-refractivity contribution in [3.05, 3.63) is 0 Å². The fraction of sp³-hybridized carbons (Fsp3) is 0.923. The van der Waals surface area contributed by atoms with E-state index in [1.165, 1.54) is 6.42 Å². The molecule has 1 atom stereocenters. The van der Waals surface area contributed by atoms with Gasteiger partial charge in [0.2, 0.25) is 5.91 Å². The zero-order valence-electron chi connectivity index (χ0n) is 11.0. The average Bonchev–Trinajstić information content (AvgIpc) is 2.33. The quantitative estimate of drug-likeness (QED) is 0.797. The van der Waals surface area contributed by atoms with Gasteiger partial charge in [0, 0.05) is 25.0 Å². The Bertz CT molecular complexity index is 271. The average molecular weight is 240 g/mol. The van der Waals surface area contributed by atoms with Crippen molar-refractivity contribution in [2.24, 2.45) is 5.41 Å². The molecule has 17 heavy (non-hydrogen) atoms. The molecule has 0 aromatic carbocycles. The van der Waals surface area contributed by atoms with Crippen LogP contribution in [0.2, 0.25) is 0 Å². The van der Waals surface area contributed by atoms with E-state index in [9.17, 15) is 4.79 Å². The lowest BCUT2D eigenvalue weighted by Gasteiger charge is -2.39. The topological polar surface area (TPSA) is 41.6 Å². The van der Waals surface area contributed by atoms with E-state index in [1.807, 2.05) is 11.8 Å². The van der Waals surface area contributed by atoms with Gasteiger partial charge in [-0.3, -0.25) is 4.79 Å². The largest absolute Gasteiger partial charge is 0.380 e. The van der Waals surface area contributed by atoms with Crippen LogP contribution in [-0.4, -0.2) is 49.7 Å². The van der Waals surface area contributed by atoms with Crippen LogP contribution >= 0.6 is 0 Å². The maximum absolute atomic E-state index is 12.2. The van der Waals surface area contributed by atoms with Gasteiger partial charge in [-0.2, -0.15) is 0 Å². The first kappa shape index (κ1) is 12.8. The fourth-order valence-electron chi connectivity index (χ4n) is 2.43. The van der Waals surface area contributed by atoms with E-state index in [1.54, 1.807) is 0 Å². The van der Waals surface area contributed by atoms with Gasteiger partial charge < -0.3 is 15.0 Å². The van der Waals surface area contributed by atoms with Crippen LogP contribution < -0.4 is 5.32 Å². The molecule has 0 bridgehead atoms. The zero-order chi connectivity index (χ0) is 12.3. The number of nitrogens with zero attached hydrogens (tertiary/aromatic N) is 1. The van der Waals surface area contributed by atoms with Gasteiger partial charge in [-0.25, -0.2) is 0 Å². The highest BCUT2D eigenvalue weighted by molar-refractivity contribution is 5.81. The number of nitrogens with one attached hydrogen (secondary N) is 1. The summed E-state index contributed by atoms with van der Waals surface area (Å²) >= 11 is 0. The maximum Gasteiger partial charge on any atom is 0.239 e. The lowest BCUT2D eigenvalue weighted by molar-refractivity contribution is -0.135. The molecule has 2 aliphatic heterocycles. The summed E-state index contributed by atoms with van der Waals surface area (Å²) in [6, 6.07) is -0.0643. The molecule has 0 aliphatic carbocycles. The first-order valence-corrected chi connectivity index (χ1v) is 6.71. The van der Waals surface area contributed by atoms with Crippen molar-refractivity contribution in [2.75, 3.05) is 32.8 Å². The van der Waals surface area contributed by atoms with Crippen LogP contribution in [0.1, 0.15) is 33.1 Å². The molecule has 98 valence electrons. The van der Waals surface area contributed by atoms with E-state index in [2.05, 4.69) is 12.2 Å². The van der Waals surface area contributed by atoms with Crippen molar-refractivity contribution >= 4 is 5.91 Å². The van der Waals surface area contributed by atoms with Crippen LogP contribution in [-0.2, 0) is 9.53 Å². The molecule has 2 saturated heterocycles. The van der Waals surface area contributed by atoms with Crippen LogP contribution in [0.5, 0.6) is 0 Å². The third-order valence-electron chi connectivity index (χ3n) is 3.77. The Hall–Kier alpha value is -0.610. The normalized spacial score (nSPS) is 25.2. The first-order valence-electron chi connectivity index (χ1n) is 6.71. The second kappa shape index (κ2) is 5.36. The first-order chi connectivity index (χ1) is 8.11. The highest BCUT2D eigenvalue weighted by Gasteiger charge is 2.34. The Morgan fingerprint density at radius 3 is 2.53 bits per heavy atom. The monoisotopic (exact) mass is 240 g/mol. The summed E-state index contributed by atoms with van der Waals surface area (Å²) in [4.78, 5) is 14.2. The molecule has 0 saturated carbocycles. The van der Waals surface area contributed by atoms with Gasteiger partial charge in [-0.15, -0.1) is 0 Å². The van der Waals surface area contributed by atoms with Crippen molar-refractivity contribution in [1.82, 2.24) is 10.2 Å². The summed E-state index contributed by atoms with van der Waals surface area (Å²) in [5.74, 6) is 0.258. The van der Waals surface area contributed by atoms with Gasteiger partial charge in [0.1, 0.15) is 0 Å². The molecule has 2 fully saturated rings. The lowest BCUT2D eigenvalue weighted by atomic mass is 9.88. The number of hydrogen-bond acceptors (Lipinski definition) is 3. The highest BCUT2D eigenvalue weighted by Crippen LogP contribution is 2.25. The fourth-order valence-corrected chi connectivity index (χ4v) is 2.43. The third kappa shape index (κ3) is 3.19. The van der Waals surface area contributed by atoms with Gasteiger partial charge in [0.05, 0.1) is 19.3 Å². The van der Waals surface area contributed by atoms with Gasteiger partial charge in [0.15, 0.2) is 0 Å². The summed E-state index contributed by atoms with van der Waals surface area (Å²) in [6.45, 7) is 8.53. The Labute approximate surface area is 104 Å². The predicted molar refractivity (Wildman–Crippen MR) is 66.8 cm³/mol. The Balaban J connectivity index is 1.74. The Morgan fingerprint density at radius 2 is 2.00 bits per heavy atom. The number of piperidine rings is 1. The molecule has 4 heteroatoms. The van der Waals surface area contributed by atoms with Crippen LogP contribution in [0.15, 0.2) is 0 Å². The van der Waals surface area contributed by atoms with Gasteiger partial charge in [0.25, 0.3) is 0 Å². The molecule has 1 amide bonds. The summed E-state index contributed by atoms with van der Waals surface area (Å²) in [5.41, 5.74) is 0.233. The molecule has 0 aromatic heterocycles. The zero-order valence-corrected chi connectivity index (χ0v) is 11.0. The minimum absolute atomic E-state index is 0.0643. The predicted octanol–water partition coefficient (Wildman–Crippen LogP) is 1.01. The van der Waals surface area contributed by atoms with Crippen LogP contribution in [0, 0.1) is 5.41 Å². The minimum Gasteiger partial charge on any atom is -0.380 e. The number of carbonyl (C=O) groups excluding carboxylic acids is 1. The van der Waals surface area contributed by atoms with Crippen LogP contribution in [0.3, 0.4) is 0 Å². The van der Waals surface area contributed by atoms with Crippen molar-refractivity contribution in [1.29, 1.82) is 0 Å². The van der Waals surface area contributed by atoms with E-state index in [4.69, 9.17) is 4.74 Å². The smallest absolute Gasteiger partial charge is 0.239 e.